The highest BCUT2D eigenvalue weighted by atomic mass is 16.4. The number of nitriles is 1. The molecule has 0 fully saturated rings. The van der Waals surface area contributed by atoms with Crippen molar-refractivity contribution in [2.24, 2.45) is 0 Å². The molecule has 5 nitrogen and oxygen atoms in total. The van der Waals surface area contributed by atoms with Gasteiger partial charge in [0, 0.05) is 0 Å². The molecule has 0 aliphatic rings. The fourth-order valence-electron chi connectivity index (χ4n) is 1.80. The molecule has 2 N–H and O–H groups in total. The molecule has 0 radical (unpaired) electrons. The standard InChI is InChI=1S/C15H14N2O3/c1-15(19,13-7-4-8-20-13)10-17-14(18)12-6-3-2-5-11(12)9-16/h2-8,19H,10H2,1H3,(H,17,18). The fraction of sp³-hybridized carbons (Fsp3) is 0.200. The first-order valence-corrected chi connectivity index (χ1v) is 6.08. The van der Waals surface area contributed by atoms with E-state index < -0.39 is 11.5 Å². The number of rotatable bonds is 4. The summed E-state index contributed by atoms with van der Waals surface area (Å²) in [5.74, 6) is -0.0413. The summed E-state index contributed by atoms with van der Waals surface area (Å²) in [6.45, 7) is 1.53. The van der Waals surface area contributed by atoms with E-state index in [1.165, 1.54) is 6.26 Å². The molecule has 102 valence electrons. The van der Waals surface area contributed by atoms with Crippen LogP contribution in [0.4, 0.5) is 0 Å². The third-order valence-electron chi connectivity index (χ3n) is 2.94. The Kier molecular flexibility index (Phi) is 3.87. The number of nitrogens with one attached hydrogen (secondary N) is 1. The van der Waals surface area contributed by atoms with Crippen molar-refractivity contribution in [3.8, 4) is 6.07 Å². The van der Waals surface area contributed by atoms with Crippen LogP contribution in [0.3, 0.4) is 0 Å². The van der Waals surface area contributed by atoms with Gasteiger partial charge in [0.2, 0.25) is 0 Å². The smallest absolute Gasteiger partial charge is 0.252 e. The Morgan fingerprint density at radius 1 is 1.40 bits per heavy atom. The predicted molar refractivity (Wildman–Crippen MR) is 71.8 cm³/mol. The fourth-order valence-corrected chi connectivity index (χ4v) is 1.80. The summed E-state index contributed by atoms with van der Waals surface area (Å²) in [7, 11) is 0. The zero-order valence-electron chi connectivity index (χ0n) is 11.0. The van der Waals surface area contributed by atoms with Crippen LogP contribution >= 0.6 is 0 Å². The van der Waals surface area contributed by atoms with Gasteiger partial charge in [0.1, 0.15) is 11.4 Å². The largest absolute Gasteiger partial charge is 0.466 e. The molecule has 1 unspecified atom stereocenters. The maximum absolute atomic E-state index is 12.0. The molecule has 0 saturated heterocycles. The van der Waals surface area contributed by atoms with Gasteiger partial charge in [-0.1, -0.05) is 12.1 Å². The molecule has 0 aliphatic carbocycles. The quantitative estimate of drug-likeness (QED) is 0.886. The molecule has 5 heteroatoms. The van der Waals surface area contributed by atoms with E-state index in [0.29, 0.717) is 11.3 Å². The number of benzene rings is 1. The van der Waals surface area contributed by atoms with Gasteiger partial charge in [-0.15, -0.1) is 0 Å². The van der Waals surface area contributed by atoms with E-state index in [9.17, 15) is 9.90 Å². The summed E-state index contributed by atoms with van der Waals surface area (Å²) in [5.41, 5.74) is -0.728. The van der Waals surface area contributed by atoms with Gasteiger partial charge in [-0.05, 0) is 31.2 Å². The number of carbonyl (C=O) groups is 1. The van der Waals surface area contributed by atoms with Gasteiger partial charge in [0.05, 0.1) is 30.0 Å². The van der Waals surface area contributed by atoms with E-state index in [1.54, 1.807) is 43.3 Å². The van der Waals surface area contributed by atoms with Crippen molar-refractivity contribution in [3.63, 3.8) is 0 Å². The molecule has 1 atom stereocenters. The van der Waals surface area contributed by atoms with Crippen molar-refractivity contribution in [2.45, 2.75) is 12.5 Å². The molecule has 2 rings (SSSR count). The van der Waals surface area contributed by atoms with Crippen molar-refractivity contribution >= 4 is 5.91 Å². The Morgan fingerprint density at radius 3 is 2.80 bits per heavy atom. The molecule has 2 aromatic rings. The summed E-state index contributed by atoms with van der Waals surface area (Å²) < 4.78 is 5.13. The van der Waals surface area contributed by atoms with Gasteiger partial charge in [-0.2, -0.15) is 5.26 Å². The Bertz CT molecular complexity index is 639. The summed E-state index contributed by atoms with van der Waals surface area (Å²) in [6.07, 6.45) is 1.45. The van der Waals surface area contributed by atoms with E-state index >= 15 is 0 Å². The van der Waals surface area contributed by atoms with Crippen LogP contribution in [-0.2, 0) is 5.60 Å². The average molecular weight is 270 g/mol. The molecule has 20 heavy (non-hydrogen) atoms. The first-order chi connectivity index (χ1) is 9.54. The van der Waals surface area contributed by atoms with Crippen LogP contribution < -0.4 is 5.32 Å². The highest BCUT2D eigenvalue weighted by molar-refractivity contribution is 5.96. The molecule has 1 amide bonds. The van der Waals surface area contributed by atoms with Crippen LogP contribution in [0.5, 0.6) is 0 Å². The molecule has 0 aliphatic heterocycles. The summed E-state index contributed by atoms with van der Waals surface area (Å²) in [5, 5.41) is 21.8. The van der Waals surface area contributed by atoms with Crippen molar-refractivity contribution in [2.75, 3.05) is 6.54 Å². The highest BCUT2D eigenvalue weighted by Gasteiger charge is 2.27. The topological polar surface area (TPSA) is 86.3 Å². The van der Waals surface area contributed by atoms with Crippen molar-refractivity contribution in [1.82, 2.24) is 5.32 Å². The number of hydrogen-bond acceptors (Lipinski definition) is 4. The first kappa shape index (κ1) is 13.8. The molecular formula is C15H14N2O3. The number of nitrogens with zero attached hydrogens (tertiary/aromatic N) is 1. The Labute approximate surface area is 116 Å². The van der Waals surface area contributed by atoms with E-state index in [0.717, 1.165) is 0 Å². The maximum atomic E-state index is 12.0. The molecule has 1 aromatic carbocycles. The third-order valence-corrected chi connectivity index (χ3v) is 2.94. The van der Waals surface area contributed by atoms with Gasteiger partial charge in [-0.3, -0.25) is 4.79 Å². The zero-order chi connectivity index (χ0) is 14.6. The van der Waals surface area contributed by atoms with Gasteiger partial charge >= 0.3 is 0 Å². The van der Waals surface area contributed by atoms with Gasteiger partial charge in [-0.25, -0.2) is 0 Å². The SMILES string of the molecule is CC(O)(CNC(=O)c1ccccc1C#N)c1ccco1. The highest BCUT2D eigenvalue weighted by Crippen LogP contribution is 2.20. The van der Waals surface area contributed by atoms with Crippen LogP contribution in [0, 0.1) is 11.3 Å². The minimum Gasteiger partial charge on any atom is -0.466 e. The number of carbonyl (C=O) groups excluding carboxylic acids is 1. The Hall–Kier alpha value is -2.58. The van der Waals surface area contributed by atoms with Gasteiger partial charge in [0.15, 0.2) is 0 Å². The average Bonchev–Trinajstić information content (AvgIpc) is 3.00. The lowest BCUT2D eigenvalue weighted by Crippen LogP contribution is -2.38. The van der Waals surface area contributed by atoms with E-state index in [4.69, 9.17) is 9.68 Å². The Balaban J connectivity index is 2.08. The van der Waals surface area contributed by atoms with Gasteiger partial charge < -0.3 is 14.8 Å². The van der Waals surface area contributed by atoms with E-state index in [-0.39, 0.29) is 12.1 Å². The Morgan fingerprint density at radius 2 is 2.15 bits per heavy atom. The number of amides is 1. The molecular weight excluding hydrogens is 256 g/mol. The van der Waals surface area contributed by atoms with Gasteiger partial charge in [0.25, 0.3) is 5.91 Å². The lowest BCUT2D eigenvalue weighted by atomic mass is 10.0. The minimum absolute atomic E-state index is 0.0148. The monoisotopic (exact) mass is 270 g/mol. The molecule has 1 aromatic heterocycles. The van der Waals surface area contributed by atoms with Crippen LogP contribution in [0.25, 0.3) is 0 Å². The molecule has 0 saturated carbocycles. The van der Waals surface area contributed by atoms with Crippen LogP contribution in [0.2, 0.25) is 0 Å². The minimum atomic E-state index is -1.30. The second kappa shape index (κ2) is 5.59. The second-order valence-electron chi connectivity index (χ2n) is 4.59. The van der Waals surface area contributed by atoms with Crippen LogP contribution in [0.1, 0.15) is 28.6 Å². The summed E-state index contributed by atoms with van der Waals surface area (Å²) in [4.78, 5) is 12.0. The summed E-state index contributed by atoms with van der Waals surface area (Å²) >= 11 is 0. The van der Waals surface area contributed by atoms with Crippen LogP contribution in [0.15, 0.2) is 47.1 Å². The number of furan rings is 1. The maximum Gasteiger partial charge on any atom is 0.252 e. The van der Waals surface area contributed by atoms with E-state index in [2.05, 4.69) is 5.32 Å². The predicted octanol–water partition coefficient (Wildman–Crippen LogP) is 1.79. The summed E-state index contributed by atoms with van der Waals surface area (Å²) in [6, 6.07) is 11.8. The lowest BCUT2D eigenvalue weighted by Gasteiger charge is -2.21. The van der Waals surface area contributed by atoms with E-state index in [1.807, 2.05) is 6.07 Å². The molecule has 0 spiro atoms. The van der Waals surface area contributed by atoms with Crippen molar-refractivity contribution < 1.29 is 14.3 Å². The molecule has 1 heterocycles. The normalized spacial score (nSPS) is 13.2. The number of aliphatic hydroxyl groups is 1. The third kappa shape index (κ3) is 2.87. The first-order valence-electron chi connectivity index (χ1n) is 6.08. The second-order valence-corrected chi connectivity index (χ2v) is 4.59. The van der Waals surface area contributed by atoms with Crippen molar-refractivity contribution in [3.05, 3.63) is 59.5 Å². The molecule has 0 bridgehead atoms. The van der Waals surface area contributed by atoms with Crippen LogP contribution in [-0.4, -0.2) is 17.6 Å². The van der Waals surface area contributed by atoms with Crippen molar-refractivity contribution in [1.29, 1.82) is 5.26 Å². The lowest BCUT2D eigenvalue weighted by molar-refractivity contribution is 0.0330. The number of hydrogen-bond donors (Lipinski definition) is 2. The zero-order valence-corrected chi connectivity index (χ0v) is 11.0.